The minimum absolute atomic E-state index is 0.0419. The molecule has 0 saturated carbocycles. The van der Waals surface area contributed by atoms with Crippen LogP contribution >= 0.6 is 11.6 Å². The van der Waals surface area contributed by atoms with E-state index in [1.54, 1.807) is 0 Å². The Kier molecular flexibility index (Phi) is 4.25. The predicted octanol–water partition coefficient (Wildman–Crippen LogP) is 3.56. The number of aromatic nitrogens is 3. The highest BCUT2D eigenvalue weighted by molar-refractivity contribution is 6.16. The Labute approximate surface area is 119 Å². The second kappa shape index (κ2) is 5.74. The van der Waals surface area contributed by atoms with Gasteiger partial charge < -0.3 is 4.57 Å². The van der Waals surface area contributed by atoms with Crippen LogP contribution < -0.4 is 0 Å². The van der Waals surface area contributed by atoms with Gasteiger partial charge in [0.15, 0.2) is 0 Å². The summed E-state index contributed by atoms with van der Waals surface area (Å²) in [5.41, 5.74) is 1.28. The largest absolute Gasteiger partial charge is 0.309 e. The minimum Gasteiger partial charge on any atom is -0.309 e. The van der Waals surface area contributed by atoms with Crippen LogP contribution in [0.5, 0.6) is 0 Å². The zero-order chi connectivity index (χ0) is 13.9. The Balaban J connectivity index is 2.19. The van der Waals surface area contributed by atoms with Crippen LogP contribution in [0.3, 0.4) is 0 Å². The molecule has 0 bridgehead atoms. The molecule has 0 radical (unpaired) electrons. The first kappa shape index (κ1) is 14.1. The van der Waals surface area contributed by atoms with Crippen molar-refractivity contribution >= 4 is 11.6 Å². The van der Waals surface area contributed by atoms with Gasteiger partial charge in [0.1, 0.15) is 11.6 Å². The molecule has 0 N–H and O–H groups in total. The number of rotatable bonds is 4. The molecule has 0 amide bonds. The molecule has 102 valence electrons. The van der Waals surface area contributed by atoms with E-state index in [9.17, 15) is 0 Å². The molecule has 1 aromatic heterocycles. The molecule has 1 heterocycles. The van der Waals surface area contributed by atoms with Gasteiger partial charge in [0.2, 0.25) is 0 Å². The summed E-state index contributed by atoms with van der Waals surface area (Å²) in [4.78, 5) is 0. The summed E-state index contributed by atoms with van der Waals surface area (Å²) in [6.07, 6.45) is 1.85. The van der Waals surface area contributed by atoms with Crippen molar-refractivity contribution in [3.8, 4) is 0 Å². The monoisotopic (exact) mass is 277 g/mol. The summed E-state index contributed by atoms with van der Waals surface area (Å²) < 4.78 is 2.16. The Morgan fingerprint density at radius 1 is 1.00 bits per heavy atom. The summed E-state index contributed by atoms with van der Waals surface area (Å²) in [5.74, 6) is 2.25. The van der Waals surface area contributed by atoms with E-state index >= 15 is 0 Å². The highest BCUT2D eigenvalue weighted by Crippen LogP contribution is 2.20. The van der Waals surface area contributed by atoms with Crippen molar-refractivity contribution in [1.82, 2.24) is 14.8 Å². The lowest BCUT2D eigenvalue weighted by molar-refractivity contribution is 0.372. The number of benzene rings is 1. The average molecular weight is 278 g/mol. The van der Waals surface area contributed by atoms with Crippen LogP contribution in [0.25, 0.3) is 0 Å². The van der Waals surface area contributed by atoms with Gasteiger partial charge in [0, 0.05) is 12.0 Å². The van der Waals surface area contributed by atoms with E-state index in [0.29, 0.717) is 5.88 Å². The van der Waals surface area contributed by atoms with E-state index in [2.05, 4.69) is 59.8 Å². The lowest BCUT2D eigenvalue weighted by Crippen LogP contribution is -2.26. The van der Waals surface area contributed by atoms with E-state index in [1.165, 1.54) is 5.56 Å². The lowest BCUT2D eigenvalue weighted by atomic mass is 10.1. The summed E-state index contributed by atoms with van der Waals surface area (Å²) >= 11 is 5.95. The first-order valence-electron chi connectivity index (χ1n) is 6.56. The summed E-state index contributed by atoms with van der Waals surface area (Å²) in [7, 11) is 0. The second-order valence-corrected chi connectivity index (χ2v) is 5.93. The molecule has 1 aromatic carbocycles. The molecule has 0 fully saturated rings. The van der Waals surface area contributed by atoms with Crippen molar-refractivity contribution in [3.05, 3.63) is 47.5 Å². The molecule has 2 rings (SSSR count). The van der Waals surface area contributed by atoms with Crippen molar-refractivity contribution < 1.29 is 0 Å². The highest BCUT2D eigenvalue weighted by atomic mass is 35.5. The number of nitrogens with zero attached hydrogens (tertiary/aromatic N) is 3. The van der Waals surface area contributed by atoms with Crippen LogP contribution in [-0.4, -0.2) is 14.8 Å². The van der Waals surface area contributed by atoms with Crippen molar-refractivity contribution in [2.45, 2.75) is 45.0 Å². The highest BCUT2D eigenvalue weighted by Gasteiger charge is 2.22. The quantitative estimate of drug-likeness (QED) is 0.800. The Morgan fingerprint density at radius 2 is 1.63 bits per heavy atom. The maximum absolute atomic E-state index is 5.95. The molecule has 0 unspecified atom stereocenters. The number of hydrogen-bond donors (Lipinski definition) is 0. The molecule has 0 spiro atoms. The van der Waals surface area contributed by atoms with Crippen LogP contribution in [0.2, 0.25) is 0 Å². The van der Waals surface area contributed by atoms with Gasteiger partial charge in [-0.1, -0.05) is 30.3 Å². The third-order valence-electron chi connectivity index (χ3n) is 3.07. The zero-order valence-electron chi connectivity index (χ0n) is 11.7. The molecule has 3 nitrogen and oxygen atoms in total. The van der Waals surface area contributed by atoms with Gasteiger partial charge in [-0.2, -0.15) is 0 Å². The molecular formula is C15H20ClN3. The fourth-order valence-electron chi connectivity index (χ4n) is 2.28. The third-order valence-corrected chi connectivity index (χ3v) is 3.31. The van der Waals surface area contributed by atoms with E-state index < -0.39 is 0 Å². The maximum atomic E-state index is 5.95. The molecule has 0 aliphatic heterocycles. The van der Waals surface area contributed by atoms with Crippen LogP contribution in [-0.2, 0) is 24.3 Å². The number of halogens is 1. The van der Waals surface area contributed by atoms with Gasteiger partial charge >= 0.3 is 0 Å². The fourth-order valence-corrected chi connectivity index (χ4v) is 2.45. The van der Waals surface area contributed by atoms with Crippen molar-refractivity contribution in [2.24, 2.45) is 0 Å². The SMILES string of the molecule is CC(C)(C)n1c(CCl)nnc1CCc1ccccc1. The van der Waals surface area contributed by atoms with Gasteiger partial charge in [-0.25, -0.2) is 0 Å². The van der Waals surface area contributed by atoms with Crippen LogP contribution in [0.15, 0.2) is 30.3 Å². The smallest absolute Gasteiger partial charge is 0.148 e. The normalized spacial score (nSPS) is 11.8. The lowest BCUT2D eigenvalue weighted by Gasteiger charge is -2.24. The van der Waals surface area contributed by atoms with E-state index in [0.717, 1.165) is 24.5 Å². The fraction of sp³-hybridized carbons (Fsp3) is 0.467. The second-order valence-electron chi connectivity index (χ2n) is 5.66. The summed E-state index contributed by atoms with van der Waals surface area (Å²) in [6, 6.07) is 10.4. The Hall–Kier alpha value is -1.35. The number of alkyl halides is 1. The Morgan fingerprint density at radius 3 is 2.21 bits per heavy atom. The minimum atomic E-state index is -0.0419. The molecule has 0 saturated heterocycles. The molecule has 0 aliphatic carbocycles. The van der Waals surface area contributed by atoms with Crippen molar-refractivity contribution in [3.63, 3.8) is 0 Å². The van der Waals surface area contributed by atoms with E-state index in [-0.39, 0.29) is 5.54 Å². The summed E-state index contributed by atoms with van der Waals surface area (Å²) in [6.45, 7) is 6.45. The van der Waals surface area contributed by atoms with Crippen LogP contribution in [0.4, 0.5) is 0 Å². The van der Waals surface area contributed by atoms with Crippen molar-refractivity contribution in [1.29, 1.82) is 0 Å². The zero-order valence-corrected chi connectivity index (χ0v) is 12.5. The Bertz CT molecular complexity index is 526. The van der Waals surface area contributed by atoms with Crippen LogP contribution in [0.1, 0.15) is 38.0 Å². The molecule has 19 heavy (non-hydrogen) atoms. The van der Waals surface area contributed by atoms with Gasteiger partial charge in [-0.3, -0.25) is 0 Å². The summed E-state index contributed by atoms with van der Waals surface area (Å²) in [5, 5.41) is 8.49. The van der Waals surface area contributed by atoms with Gasteiger partial charge in [0.05, 0.1) is 5.88 Å². The van der Waals surface area contributed by atoms with Gasteiger partial charge in [0.25, 0.3) is 0 Å². The van der Waals surface area contributed by atoms with E-state index in [1.807, 2.05) is 6.07 Å². The van der Waals surface area contributed by atoms with Gasteiger partial charge in [-0.15, -0.1) is 21.8 Å². The molecule has 0 atom stereocenters. The maximum Gasteiger partial charge on any atom is 0.148 e. The molecule has 2 aromatic rings. The van der Waals surface area contributed by atoms with Crippen molar-refractivity contribution in [2.75, 3.05) is 0 Å². The first-order valence-corrected chi connectivity index (χ1v) is 7.09. The topological polar surface area (TPSA) is 30.7 Å². The standard InChI is InChI=1S/C15H20ClN3/c1-15(2,3)19-13(17-18-14(19)11-16)10-9-12-7-5-4-6-8-12/h4-8H,9-11H2,1-3H3. The number of hydrogen-bond acceptors (Lipinski definition) is 2. The van der Waals surface area contributed by atoms with E-state index in [4.69, 9.17) is 11.6 Å². The third kappa shape index (κ3) is 3.35. The molecular weight excluding hydrogens is 258 g/mol. The first-order chi connectivity index (χ1) is 9.02. The molecule has 4 heteroatoms. The van der Waals surface area contributed by atoms with Crippen LogP contribution in [0, 0.1) is 0 Å². The average Bonchev–Trinajstić information content (AvgIpc) is 2.80. The molecule has 0 aliphatic rings. The number of aryl methyl sites for hydroxylation is 2. The van der Waals surface area contributed by atoms with Gasteiger partial charge in [-0.05, 0) is 32.8 Å². The predicted molar refractivity (Wildman–Crippen MR) is 78.4 cm³/mol.